The summed E-state index contributed by atoms with van der Waals surface area (Å²) in [6, 6.07) is 8.89. The van der Waals surface area contributed by atoms with Gasteiger partial charge >= 0.3 is 0 Å². The molecule has 0 unspecified atom stereocenters. The fourth-order valence-electron chi connectivity index (χ4n) is 2.74. The van der Waals surface area contributed by atoms with Crippen LogP contribution in [0.15, 0.2) is 70.8 Å². The van der Waals surface area contributed by atoms with E-state index in [-0.39, 0.29) is 24.4 Å². The highest BCUT2D eigenvalue weighted by Gasteiger charge is 2.08. The van der Waals surface area contributed by atoms with Crippen LogP contribution in [0.3, 0.4) is 0 Å². The van der Waals surface area contributed by atoms with Crippen molar-refractivity contribution in [2.75, 3.05) is 5.32 Å². The molecule has 1 N–H and O–H groups in total. The quantitative estimate of drug-likeness (QED) is 0.516. The monoisotopic (exact) mass is 438 g/mol. The number of hydrogen-bond acceptors (Lipinski definition) is 5. The van der Waals surface area contributed by atoms with E-state index in [9.17, 15) is 9.59 Å². The number of pyridine rings is 1. The van der Waals surface area contributed by atoms with E-state index in [1.807, 2.05) is 6.07 Å². The Morgan fingerprint density at radius 3 is 2.79 bits per heavy atom. The van der Waals surface area contributed by atoms with E-state index in [1.165, 1.54) is 10.9 Å². The Labute approximate surface area is 168 Å². The number of aryl methyl sites for hydroxylation is 1. The minimum atomic E-state index is -0.210. The highest BCUT2D eigenvalue weighted by molar-refractivity contribution is 9.10. The van der Waals surface area contributed by atoms with Gasteiger partial charge in [-0.15, -0.1) is 0 Å². The maximum Gasteiger partial charge on any atom is 0.261 e. The third kappa shape index (κ3) is 3.84. The van der Waals surface area contributed by atoms with Crippen LogP contribution in [0.2, 0.25) is 0 Å². The first-order chi connectivity index (χ1) is 13.6. The number of nitrogens with zero attached hydrogens (tertiary/aromatic N) is 5. The molecule has 1 amide bonds. The predicted molar refractivity (Wildman–Crippen MR) is 108 cm³/mol. The number of hydrogen-bond donors (Lipinski definition) is 1. The van der Waals surface area contributed by atoms with Crippen LogP contribution in [0.4, 0.5) is 5.69 Å². The second-order valence-electron chi connectivity index (χ2n) is 6.08. The summed E-state index contributed by atoms with van der Waals surface area (Å²) in [6.45, 7) is 0.237. The van der Waals surface area contributed by atoms with Crippen LogP contribution in [-0.2, 0) is 11.3 Å². The van der Waals surface area contributed by atoms with E-state index in [0.717, 1.165) is 4.47 Å². The maximum atomic E-state index is 12.6. The Balaban J connectivity index is 1.41. The number of carbonyl (C=O) groups is 1. The molecule has 0 atom stereocenters. The Morgan fingerprint density at radius 1 is 1.14 bits per heavy atom. The normalized spacial score (nSPS) is 10.9. The molecule has 0 aliphatic carbocycles. The maximum absolute atomic E-state index is 12.6. The second-order valence-corrected chi connectivity index (χ2v) is 6.99. The molecule has 8 nitrogen and oxygen atoms in total. The summed E-state index contributed by atoms with van der Waals surface area (Å²) in [4.78, 5) is 37.3. The van der Waals surface area contributed by atoms with Crippen LogP contribution in [-0.4, -0.2) is 30.0 Å². The minimum Gasteiger partial charge on any atom is -0.325 e. The van der Waals surface area contributed by atoms with Gasteiger partial charge in [0, 0.05) is 29.8 Å². The van der Waals surface area contributed by atoms with Gasteiger partial charge in [-0.2, -0.15) is 0 Å². The number of anilines is 1. The zero-order valence-corrected chi connectivity index (χ0v) is 16.2. The predicted octanol–water partition coefficient (Wildman–Crippen LogP) is 2.77. The zero-order valence-electron chi connectivity index (χ0n) is 14.6. The first-order valence-electron chi connectivity index (χ1n) is 8.49. The lowest BCUT2D eigenvalue weighted by atomic mass is 10.2. The van der Waals surface area contributed by atoms with Crippen molar-refractivity contribution in [2.45, 2.75) is 13.0 Å². The van der Waals surface area contributed by atoms with Crippen LogP contribution in [0, 0.1) is 0 Å². The number of imidazole rings is 1. The van der Waals surface area contributed by atoms with E-state index >= 15 is 0 Å². The molecule has 0 saturated carbocycles. The average Bonchev–Trinajstić information content (AvgIpc) is 3.23. The Bertz CT molecular complexity index is 1190. The molecule has 28 heavy (non-hydrogen) atoms. The molecule has 1 aromatic carbocycles. The molecule has 0 aliphatic rings. The molecule has 4 rings (SSSR count). The van der Waals surface area contributed by atoms with Crippen molar-refractivity contribution in [3.05, 3.63) is 76.4 Å². The average molecular weight is 439 g/mol. The first kappa shape index (κ1) is 18.1. The highest BCUT2D eigenvalue weighted by Crippen LogP contribution is 2.15. The van der Waals surface area contributed by atoms with E-state index in [0.29, 0.717) is 22.4 Å². The topological polar surface area (TPSA) is 94.7 Å². The zero-order chi connectivity index (χ0) is 19.5. The van der Waals surface area contributed by atoms with Gasteiger partial charge < -0.3 is 5.32 Å². The summed E-state index contributed by atoms with van der Waals surface area (Å²) in [5.41, 5.74) is 1.03. The number of amides is 1. The fourth-order valence-corrected chi connectivity index (χ4v) is 3.10. The molecule has 4 aromatic rings. The summed E-state index contributed by atoms with van der Waals surface area (Å²) in [5.74, 6) is 0.494. The van der Waals surface area contributed by atoms with Gasteiger partial charge in [0.05, 0.1) is 29.1 Å². The van der Waals surface area contributed by atoms with Gasteiger partial charge in [0.1, 0.15) is 12.1 Å². The molecule has 0 saturated heterocycles. The minimum absolute atomic E-state index is 0.143. The number of aromatic nitrogens is 5. The van der Waals surface area contributed by atoms with Crippen LogP contribution in [0.25, 0.3) is 16.7 Å². The SMILES string of the molecule is O=C(CCn1cnc2ccc(Br)cc2c1=O)Nc1ccc(-n2ccnc2)nc1. The van der Waals surface area contributed by atoms with Crippen molar-refractivity contribution in [2.24, 2.45) is 0 Å². The molecule has 140 valence electrons. The molecular weight excluding hydrogens is 424 g/mol. The second kappa shape index (κ2) is 7.73. The van der Waals surface area contributed by atoms with Crippen molar-refractivity contribution in [1.82, 2.24) is 24.1 Å². The van der Waals surface area contributed by atoms with Crippen LogP contribution >= 0.6 is 15.9 Å². The lowest BCUT2D eigenvalue weighted by Gasteiger charge is -2.08. The lowest BCUT2D eigenvalue weighted by Crippen LogP contribution is -2.23. The number of halogens is 1. The van der Waals surface area contributed by atoms with Crippen molar-refractivity contribution in [1.29, 1.82) is 0 Å². The van der Waals surface area contributed by atoms with Gasteiger partial charge in [-0.05, 0) is 30.3 Å². The largest absolute Gasteiger partial charge is 0.325 e. The fraction of sp³-hybridized carbons (Fsp3) is 0.105. The van der Waals surface area contributed by atoms with Crippen LogP contribution in [0.1, 0.15) is 6.42 Å². The van der Waals surface area contributed by atoms with E-state index < -0.39 is 0 Å². The Hall–Kier alpha value is -3.33. The van der Waals surface area contributed by atoms with Gasteiger partial charge in [0.2, 0.25) is 5.91 Å². The summed E-state index contributed by atoms with van der Waals surface area (Å²) >= 11 is 3.36. The molecule has 0 aliphatic heterocycles. The number of benzene rings is 1. The highest BCUT2D eigenvalue weighted by atomic mass is 79.9. The number of fused-ring (bicyclic) bond motifs is 1. The summed E-state index contributed by atoms with van der Waals surface area (Å²) in [7, 11) is 0. The number of carbonyl (C=O) groups excluding carboxylic acids is 1. The van der Waals surface area contributed by atoms with E-state index in [2.05, 4.69) is 36.2 Å². The van der Waals surface area contributed by atoms with Crippen molar-refractivity contribution in [3.8, 4) is 5.82 Å². The summed E-state index contributed by atoms with van der Waals surface area (Å²) in [5, 5.41) is 3.29. The van der Waals surface area contributed by atoms with Crippen molar-refractivity contribution in [3.63, 3.8) is 0 Å². The van der Waals surface area contributed by atoms with Crippen molar-refractivity contribution >= 4 is 38.4 Å². The van der Waals surface area contributed by atoms with Gasteiger partial charge in [-0.25, -0.2) is 15.0 Å². The number of rotatable bonds is 5. The van der Waals surface area contributed by atoms with Gasteiger partial charge in [-0.3, -0.25) is 18.7 Å². The molecule has 9 heteroatoms. The lowest BCUT2D eigenvalue weighted by molar-refractivity contribution is -0.116. The van der Waals surface area contributed by atoms with E-state index in [1.54, 1.807) is 53.8 Å². The molecule has 3 heterocycles. The summed E-state index contributed by atoms with van der Waals surface area (Å²) in [6.07, 6.45) is 8.29. The number of nitrogens with one attached hydrogen (secondary N) is 1. The first-order valence-corrected chi connectivity index (χ1v) is 9.28. The molecule has 3 aromatic heterocycles. The summed E-state index contributed by atoms with van der Waals surface area (Å²) < 4.78 is 4.01. The third-order valence-electron chi connectivity index (χ3n) is 4.17. The third-order valence-corrected chi connectivity index (χ3v) is 4.66. The molecule has 0 radical (unpaired) electrons. The smallest absolute Gasteiger partial charge is 0.261 e. The molecule has 0 spiro atoms. The van der Waals surface area contributed by atoms with Crippen LogP contribution in [0.5, 0.6) is 0 Å². The van der Waals surface area contributed by atoms with Gasteiger partial charge in [0.15, 0.2) is 0 Å². The molecular formula is C19H15BrN6O2. The van der Waals surface area contributed by atoms with Crippen molar-refractivity contribution < 1.29 is 4.79 Å². The van der Waals surface area contributed by atoms with Crippen LogP contribution < -0.4 is 10.9 Å². The van der Waals surface area contributed by atoms with Gasteiger partial charge in [-0.1, -0.05) is 15.9 Å². The van der Waals surface area contributed by atoms with Gasteiger partial charge in [0.25, 0.3) is 5.56 Å². The van der Waals surface area contributed by atoms with E-state index in [4.69, 9.17) is 0 Å². The Morgan fingerprint density at radius 2 is 2.04 bits per heavy atom. The molecule has 0 fully saturated rings. The molecule has 0 bridgehead atoms. The Kier molecular flexibility index (Phi) is 4.98. The standard InChI is InChI=1S/C19H15BrN6O2/c20-13-1-3-16-15(9-13)19(28)26(12-23-16)7-5-18(27)24-14-2-4-17(22-10-14)25-8-6-21-11-25/h1-4,6,8-12H,5,7H2,(H,24,27).